The molecule has 0 radical (unpaired) electrons. The Morgan fingerprint density at radius 3 is 2.48 bits per heavy atom. The van der Waals surface area contributed by atoms with Crippen LogP contribution in [0.5, 0.6) is 0 Å². The lowest BCUT2D eigenvalue weighted by molar-refractivity contribution is 0.523. The second-order valence-electron chi connectivity index (χ2n) is 4.97. The van der Waals surface area contributed by atoms with E-state index in [0.717, 1.165) is 36.0 Å². The average molecular weight is 345 g/mol. The third kappa shape index (κ3) is 2.72. The summed E-state index contributed by atoms with van der Waals surface area (Å²) in [5, 5.41) is 9.21. The Morgan fingerprint density at radius 1 is 1.19 bits per heavy atom. The van der Waals surface area contributed by atoms with Gasteiger partial charge in [0.05, 0.1) is 5.69 Å². The Balaban J connectivity index is 2.13. The Hall–Kier alpha value is -2.06. The fourth-order valence-electron chi connectivity index (χ4n) is 2.55. The smallest absolute Gasteiger partial charge is 0.356 e. The second kappa shape index (κ2) is 5.74. The fourth-order valence-corrected chi connectivity index (χ4v) is 2.81. The minimum absolute atomic E-state index is 0.0951. The van der Waals surface area contributed by atoms with Crippen LogP contribution in [0.25, 0.3) is 11.3 Å². The van der Waals surface area contributed by atoms with E-state index < -0.39 is 5.63 Å². The lowest BCUT2D eigenvalue weighted by Gasteiger charge is -2.18. The van der Waals surface area contributed by atoms with E-state index in [9.17, 15) is 10.1 Å². The maximum atomic E-state index is 12.1. The minimum atomic E-state index is -0.570. The third-order valence-corrected chi connectivity index (χ3v) is 4.15. The summed E-state index contributed by atoms with van der Waals surface area (Å²) in [5.41, 5.74) is 1.03. The first-order valence-corrected chi connectivity index (χ1v) is 7.57. The van der Waals surface area contributed by atoms with Gasteiger partial charge in [-0.2, -0.15) is 5.26 Å². The Kier molecular flexibility index (Phi) is 3.80. The predicted molar refractivity (Wildman–Crippen MR) is 84.3 cm³/mol. The molecule has 1 aromatic heterocycles. The molecule has 0 aliphatic carbocycles. The number of benzene rings is 1. The van der Waals surface area contributed by atoms with Gasteiger partial charge in [-0.25, -0.2) is 4.79 Å². The van der Waals surface area contributed by atoms with E-state index in [1.807, 2.05) is 30.3 Å². The summed E-state index contributed by atoms with van der Waals surface area (Å²) in [4.78, 5) is 14.1. The molecule has 1 aliphatic heterocycles. The van der Waals surface area contributed by atoms with Crippen molar-refractivity contribution < 1.29 is 4.42 Å². The molecule has 0 bridgehead atoms. The molecule has 1 saturated heterocycles. The summed E-state index contributed by atoms with van der Waals surface area (Å²) < 4.78 is 6.27. The summed E-state index contributed by atoms with van der Waals surface area (Å²) in [7, 11) is 0. The van der Waals surface area contributed by atoms with Crippen molar-refractivity contribution in [1.82, 2.24) is 0 Å². The molecule has 2 heterocycles. The summed E-state index contributed by atoms with van der Waals surface area (Å²) in [6.45, 7) is 1.75. The van der Waals surface area contributed by atoms with E-state index >= 15 is 0 Å². The number of nitrogens with zero attached hydrogens (tertiary/aromatic N) is 2. The summed E-state index contributed by atoms with van der Waals surface area (Å²) in [6, 6.07) is 11.3. The van der Waals surface area contributed by atoms with Crippen LogP contribution in [0.2, 0.25) is 0 Å². The predicted octanol–water partition coefficient (Wildman–Crippen LogP) is 3.54. The van der Waals surface area contributed by atoms with Crippen LogP contribution in [0.4, 0.5) is 5.69 Å². The summed E-state index contributed by atoms with van der Waals surface area (Å²) in [5.74, 6) is 0.494. The molecule has 1 aliphatic rings. The molecular formula is C16H13BrN2O2. The first-order chi connectivity index (χ1) is 10.2. The summed E-state index contributed by atoms with van der Waals surface area (Å²) >= 11 is 3.38. The maximum Gasteiger partial charge on any atom is 0.356 e. The minimum Gasteiger partial charge on any atom is -0.422 e. The second-order valence-corrected chi connectivity index (χ2v) is 5.89. The standard InChI is InChI=1S/C16H13BrN2O2/c17-12-5-3-11(4-6-12)15-9-14(19-7-1-2-8-19)13(10-18)16(20)21-15/h3-6,9H,1-2,7-8H2. The Morgan fingerprint density at radius 2 is 1.86 bits per heavy atom. The molecule has 106 valence electrons. The molecule has 4 nitrogen and oxygen atoms in total. The van der Waals surface area contributed by atoms with Gasteiger partial charge >= 0.3 is 5.63 Å². The van der Waals surface area contributed by atoms with Crippen molar-refractivity contribution >= 4 is 21.6 Å². The first kappa shape index (κ1) is 13.9. The molecule has 0 spiro atoms. The van der Waals surface area contributed by atoms with Gasteiger partial charge in [0.15, 0.2) is 5.56 Å². The lowest BCUT2D eigenvalue weighted by Crippen LogP contribution is -2.22. The van der Waals surface area contributed by atoms with Gasteiger partial charge in [0.1, 0.15) is 11.8 Å². The van der Waals surface area contributed by atoms with Crippen LogP contribution in [0.3, 0.4) is 0 Å². The van der Waals surface area contributed by atoms with Crippen LogP contribution in [0.15, 0.2) is 44.0 Å². The van der Waals surface area contributed by atoms with Crippen molar-refractivity contribution in [3.63, 3.8) is 0 Å². The van der Waals surface area contributed by atoms with Crippen molar-refractivity contribution in [2.75, 3.05) is 18.0 Å². The van der Waals surface area contributed by atoms with Crippen molar-refractivity contribution in [3.05, 3.63) is 50.8 Å². The van der Waals surface area contributed by atoms with Gasteiger partial charge in [-0.15, -0.1) is 0 Å². The van der Waals surface area contributed by atoms with Crippen molar-refractivity contribution in [3.8, 4) is 17.4 Å². The summed E-state index contributed by atoms with van der Waals surface area (Å²) in [6.07, 6.45) is 2.16. The number of hydrogen-bond acceptors (Lipinski definition) is 4. The largest absolute Gasteiger partial charge is 0.422 e. The van der Waals surface area contributed by atoms with Gasteiger partial charge in [-0.05, 0) is 25.0 Å². The molecule has 0 unspecified atom stereocenters. The zero-order chi connectivity index (χ0) is 14.8. The van der Waals surface area contributed by atoms with Crippen LogP contribution >= 0.6 is 15.9 Å². The molecule has 0 atom stereocenters. The Bertz CT molecular complexity index is 753. The molecule has 1 aromatic carbocycles. The molecule has 0 saturated carbocycles. The number of hydrogen-bond donors (Lipinski definition) is 0. The van der Waals surface area contributed by atoms with E-state index in [4.69, 9.17) is 4.42 Å². The monoisotopic (exact) mass is 344 g/mol. The molecule has 0 N–H and O–H groups in total. The van der Waals surface area contributed by atoms with Gasteiger partial charge in [0.25, 0.3) is 0 Å². The third-order valence-electron chi connectivity index (χ3n) is 3.62. The molecule has 3 rings (SSSR count). The topological polar surface area (TPSA) is 57.2 Å². The maximum absolute atomic E-state index is 12.1. The number of nitriles is 1. The van der Waals surface area contributed by atoms with Gasteiger partial charge in [-0.1, -0.05) is 28.1 Å². The van der Waals surface area contributed by atoms with E-state index in [2.05, 4.69) is 20.8 Å². The fraction of sp³-hybridized carbons (Fsp3) is 0.250. The quantitative estimate of drug-likeness (QED) is 0.835. The molecule has 5 heteroatoms. The van der Waals surface area contributed by atoms with E-state index in [0.29, 0.717) is 11.4 Å². The van der Waals surface area contributed by atoms with Gasteiger partial charge in [0, 0.05) is 29.2 Å². The zero-order valence-corrected chi connectivity index (χ0v) is 12.9. The Labute approximate surface area is 130 Å². The van der Waals surface area contributed by atoms with Crippen molar-refractivity contribution in [2.24, 2.45) is 0 Å². The normalized spacial score (nSPS) is 14.2. The SMILES string of the molecule is N#Cc1c(N2CCCC2)cc(-c2ccc(Br)cc2)oc1=O. The number of halogens is 1. The molecule has 2 aromatic rings. The molecular weight excluding hydrogens is 332 g/mol. The van der Waals surface area contributed by atoms with Crippen molar-refractivity contribution in [2.45, 2.75) is 12.8 Å². The van der Waals surface area contributed by atoms with Gasteiger partial charge in [0.2, 0.25) is 0 Å². The highest BCUT2D eigenvalue weighted by Gasteiger charge is 2.20. The van der Waals surface area contributed by atoms with Crippen molar-refractivity contribution in [1.29, 1.82) is 5.26 Å². The highest BCUT2D eigenvalue weighted by Crippen LogP contribution is 2.28. The molecule has 21 heavy (non-hydrogen) atoms. The first-order valence-electron chi connectivity index (χ1n) is 6.78. The van der Waals surface area contributed by atoms with E-state index in [1.54, 1.807) is 6.07 Å². The van der Waals surface area contributed by atoms with Gasteiger partial charge < -0.3 is 9.32 Å². The van der Waals surface area contributed by atoms with Crippen LogP contribution < -0.4 is 10.5 Å². The number of anilines is 1. The zero-order valence-electron chi connectivity index (χ0n) is 11.3. The average Bonchev–Trinajstić information content (AvgIpc) is 3.01. The van der Waals surface area contributed by atoms with Gasteiger partial charge in [-0.3, -0.25) is 0 Å². The highest BCUT2D eigenvalue weighted by molar-refractivity contribution is 9.10. The lowest BCUT2D eigenvalue weighted by atomic mass is 10.1. The number of rotatable bonds is 2. The van der Waals surface area contributed by atoms with Crippen LogP contribution in [-0.4, -0.2) is 13.1 Å². The van der Waals surface area contributed by atoms with E-state index in [-0.39, 0.29) is 5.56 Å². The van der Waals surface area contributed by atoms with E-state index in [1.165, 1.54) is 0 Å². The highest BCUT2D eigenvalue weighted by atomic mass is 79.9. The van der Waals surface area contributed by atoms with Crippen LogP contribution in [-0.2, 0) is 0 Å². The molecule has 1 fully saturated rings. The molecule has 0 amide bonds. The van der Waals surface area contributed by atoms with Crippen LogP contribution in [0, 0.1) is 11.3 Å². The van der Waals surface area contributed by atoms with Crippen LogP contribution in [0.1, 0.15) is 18.4 Å².